The van der Waals surface area contributed by atoms with E-state index >= 15 is 0 Å². The molecular formula is C40H37ClN6O6. The van der Waals surface area contributed by atoms with Crippen molar-refractivity contribution < 1.29 is 29.3 Å². The van der Waals surface area contributed by atoms with E-state index in [4.69, 9.17) is 21.1 Å². The quantitative estimate of drug-likeness (QED) is 0.122. The van der Waals surface area contributed by atoms with Crippen LogP contribution in [-0.2, 0) is 22.7 Å². The molecule has 13 heteroatoms. The third-order valence-corrected chi connectivity index (χ3v) is 9.55. The molecule has 2 heterocycles. The number of rotatable bonds is 11. The van der Waals surface area contributed by atoms with Gasteiger partial charge in [0.15, 0.2) is 17.0 Å². The van der Waals surface area contributed by atoms with Gasteiger partial charge in [0, 0.05) is 12.5 Å². The van der Waals surface area contributed by atoms with Gasteiger partial charge in [-0.2, -0.15) is 9.97 Å². The zero-order valence-electron chi connectivity index (χ0n) is 28.5. The van der Waals surface area contributed by atoms with E-state index in [0.717, 1.165) is 16.0 Å². The van der Waals surface area contributed by atoms with Crippen molar-refractivity contribution in [2.24, 2.45) is 0 Å². The number of fused-ring (bicyclic) bond motifs is 1. The number of amides is 2. The van der Waals surface area contributed by atoms with Crippen LogP contribution in [0.4, 0.5) is 15.4 Å². The number of aromatic nitrogens is 4. The number of aliphatic hydroxyl groups is 2. The predicted octanol–water partition coefficient (Wildman–Crippen LogP) is 6.73. The number of hydrogen-bond donors (Lipinski definition) is 3. The number of anilines is 1. The summed E-state index contributed by atoms with van der Waals surface area (Å²) in [7, 11) is 0. The van der Waals surface area contributed by atoms with Crippen LogP contribution in [-0.4, -0.2) is 71.6 Å². The number of carbonyl (C=O) groups excluding carboxylic acids is 2. The van der Waals surface area contributed by atoms with E-state index in [1.54, 1.807) is 53.1 Å². The first-order valence-corrected chi connectivity index (χ1v) is 17.6. The Morgan fingerprint density at radius 3 is 1.81 bits per heavy atom. The second-order valence-electron chi connectivity index (χ2n) is 12.7. The third-order valence-electron chi connectivity index (χ3n) is 9.39. The average molecular weight is 733 g/mol. The number of nitrogens with zero attached hydrogens (tertiary/aromatic N) is 5. The monoisotopic (exact) mass is 732 g/mol. The summed E-state index contributed by atoms with van der Waals surface area (Å²) in [6, 6.07) is 36.1. The molecule has 0 unspecified atom stereocenters. The van der Waals surface area contributed by atoms with E-state index in [2.05, 4.69) is 44.5 Å². The van der Waals surface area contributed by atoms with Gasteiger partial charge in [0.05, 0.1) is 18.4 Å². The molecule has 3 N–H and O–H groups in total. The van der Waals surface area contributed by atoms with E-state index < -0.39 is 36.5 Å². The fraction of sp³-hybridized carbons (Fsp3) is 0.225. The van der Waals surface area contributed by atoms with Crippen molar-refractivity contribution >= 4 is 40.8 Å². The highest BCUT2D eigenvalue weighted by atomic mass is 35.5. The molecule has 12 nitrogen and oxygen atoms in total. The van der Waals surface area contributed by atoms with Gasteiger partial charge in [0.1, 0.15) is 25.4 Å². The largest absolute Gasteiger partial charge is 0.444 e. The molecule has 0 aliphatic heterocycles. The van der Waals surface area contributed by atoms with E-state index in [1.165, 1.54) is 6.33 Å². The molecule has 270 valence electrons. The van der Waals surface area contributed by atoms with Crippen LogP contribution in [0.25, 0.3) is 11.2 Å². The summed E-state index contributed by atoms with van der Waals surface area (Å²) in [5.41, 5.74) is 4.31. The Labute approximate surface area is 310 Å². The number of imidazole rings is 1. The summed E-state index contributed by atoms with van der Waals surface area (Å²) in [6.07, 6.45) is -3.64. The lowest BCUT2D eigenvalue weighted by molar-refractivity contribution is -0.0120. The molecule has 2 aromatic heterocycles. The summed E-state index contributed by atoms with van der Waals surface area (Å²) in [5, 5.41) is 26.2. The summed E-state index contributed by atoms with van der Waals surface area (Å²) >= 11 is 6.46. The van der Waals surface area contributed by atoms with Crippen LogP contribution in [0, 0.1) is 0 Å². The molecule has 1 saturated carbocycles. The number of hydrogen-bond acceptors (Lipinski definition) is 10. The van der Waals surface area contributed by atoms with Crippen molar-refractivity contribution in [2.75, 3.05) is 11.9 Å². The van der Waals surface area contributed by atoms with Gasteiger partial charge < -0.3 is 29.6 Å². The van der Waals surface area contributed by atoms with Crippen molar-refractivity contribution in [1.29, 1.82) is 0 Å². The average Bonchev–Trinajstić information content (AvgIpc) is 3.74. The van der Waals surface area contributed by atoms with Crippen LogP contribution in [0.15, 0.2) is 128 Å². The predicted molar refractivity (Wildman–Crippen MR) is 198 cm³/mol. The van der Waals surface area contributed by atoms with Crippen molar-refractivity contribution in [2.45, 2.75) is 49.8 Å². The SMILES string of the molecule is O=C(OCc1ccccc1)N(C(=O)OCc1ccccc1)[C@H]1C[C@@H](n2cnc3c(NCC(c4ccccc4)c4ccccc4)nc(Cl)nc32)[C@H](O)[C@@H]1O. The fourth-order valence-corrected chi connectivity index (χ4v) is 6.86. The topological polar surface area (TPSA) is 152 Å². The highest BCUT2D eigenvalue weighted by molar-refractivity contribution is 6.28. The normalized spacial score (nSPS) is 18.2. The Morgan fingerprint density at radius 2 is 1.28 bits per heavy atom. The lowest BCUT2D eigenvalue weighted by Crippen LogP contribution is -2.50. The zero-order valence-corrected chi connectivity index (χ0v) is 29.2. The summed E-state index contributed by atoms with van der Waals surface area (Å²) < 4.78 is 12.6. The minimum Gasteiger partial charge on any atom is -0.444 e. The van der Waals surface area contributed by atoms with E-state index in [0.29, 0.717) is 34.7 Å². The molecule has 1 aliphatic carbocycles. The van der Waals surface area contributed by atoms with Crippen molar-refractivity contribution in [1.82, 2.24) is 24.4 Å². The molecule has 2 amide bonds. The lowest BCUT2D eigenvalue weighted by Gasteiger charge is -2.28. The minimum atomic E-state index is -1.56. The van der Waals surface area contributed by atoms with Crippen molar-refractivity contribution in [3.05, 3.63) is 155 Å². The first-order chi connectivity index (χ1) is 25.9. The number of imide groups is 1. The number of aliphatic hydroxyl groups excluding tert-OH is 2. The van der Waals surface area contributed by atoms with Gasteiger partial charge in [-0.1, -0.05) is 121 Å². The second kappa shape index (κ2) is 16.2. The van der Waals surface area contributed by atoms with Crippen LogP contribution in [0.1, 0.15) is 40.6 Å². The molecule has 7 rings (SSSR count). The van der Waals surface area contributed by atoms with E-state index in [9.17, 15) is 19.8 Å². The Morgan fingerprint density at radius 1 is 0.774 bits per heavy atom. The summed E-state index contributed by atoms with van der Waals surface area (Å²) in [4.78, 5) is 41.4. The number of carbonyl (C=O) groups is 2. The van der Waals surface area contributed by atoms with Crippen LogP contribution < -0.4 is 5.32 Å². The maximum absolute atomic E-state index is 13.6. The number of benzene rings is 4. The molecule has 0 bridgehead atoms. The highest BCUT2D eigenvalue weighted by Gasteiger charge is 2.50. The smallest absolute Gasteiger partial charge is 0.419 e. The number of nitrogens with one attached hydrogen (secondary N) is 1. The number of halogens is 1. The Hall–Kier alpha value is -5.82. The van der Waals surface area contributed by atoms with Gasteiger partial charge in [-0.15, -0.1) is 0 Å². The van der Waals surface area contributed by atoms with Gasteiger partial charge in [0.25, 0.3) is 0 Å². The highest BCUT2D eigenvalue weighted by Crippen LogP contribution is 2.37. The lowest BCUT2D eigenvalue weighted by atomic mass is 9.91. The Kier molecular flexibility index (Phi) is 10.9. The maximum atomic E-state index is 13.6. The third kappa shape index (κ3) is 8.00. The van der Waals surface area contributed by atoms with Crippen LogP contribution in [0.2, 0.25) is 5.28 Å². The molecule has 0 saturated heterocycles. The van der Waals surface area contributed by atoms with Gasteiger partial charge >= 0.3 is 12.2 Å². The van der Waals surface area contributed by atoms with E-state index in [-0.39, 0.29) is 30.8 Å². The molecule has 0 spiro atoms. The second-order valence-corrected chi connectivity index (χ2v) is 13.1. The molecule has 1 fully saturated rings. The molecule has 1 aliphatic rings. The van der Waals surface area contributed by atoms with Gasteiger partial charge in [-0.3, -0.25) is 0 Å². The molecule has 4 atom stereocenters. The zero-order chi connectivity index (χ0) is 36.7. The molecule has 4 aromatic carbocycles. The standard InChI is InChI=1S/C40H37ClN6O6/c41-38-44-36(42-22-30(28-17-9-3-10-18-28)29-19-11-4-12-20-29)33-37(45-38)46(25-43-33)31-21-32(35(49)34(31)48)47(39(50)52-23-26-13-5-1-6-14-26)40(51)53-24-27-15-7-2-8-16-27/h1-20,25,30-32,34-35,48-49H,21-24H2,(H,42,44,45)/t31-,32+,34+,35-/m1/s1. The first-order valence-electron chi connectivity index (χ1n) is 17.2. The summed E-state index contributed by atoms with van der Waals surface area (Å²) in [5.74, 6) is 0.362. The van der Waals surface area contributed by atoms with Crippen molar-refractivity contribution in [3.63, 3.8) is 0 Å². The molecule has 0 radical (unpaired) electrons. The fourth-order valence-electron chi connectivity index (χ4n) is 6.69. The van der Waals surface area contributed by atoms with Crippen molar-refractivity contribution in [3.8, 4) is 0 Å². The number of ether oxygens (including phenoxy) is 2. The minimum absolute atomic E-state index is 0.0230. The molecule has 53 heavy (non-hydrogen) atoms. The molecule has 6 aromatic rings. The summed E-state index contributed by atoms with van der Waals surface area (Å²) in [6.45, 7) is 0.217. The molecular weight excluding hydrogens is 696 g/mol. The van der Waals surface area contributed by atoms with Gasteiger partial charge in [-0.25, -0.2) is 19.5 Å². The van der Waals surface area contributed by atoms with Crippen LogP contribution >= 0.6 is 11.6 Å². The van der Waals surface area contributed by atoms with Gasteiger partial charge in [0.2, 0.25) is 5.28 Å². The van der Waals surface area contributed by atoms with Gasteiger partial charge in [-0.05, 0) is 40.3 Å². The van der Waals surface area contributed by atoms with Crippen LogP contribution in [0.3, 0.4) is 0 Å². The maximum Gasteiger partial charge on any atom is 0.419 e. The van der Waals surface area contributed by atoms with E-state index in [1.807, 2.05) is 48.5 Å². The first kappa shape index (κ1) is 35.6. The Balaban J connectivity index is 1.14. The Bertz CT molecular complexity index is 2050. The van der Waals surface area contributed by atoms with Crippen LogP contribution in [0.5, 0.6) is 0 Å².